The highest BCUT2D eigenvalue weighted by molar-refractivity contribution is 5.50. The second-order valence-corrected chi connectivity index (χ2v) is 7.31. The van der Waals surface area contributed by atoms with Crippen molar-refractivity contribution in [1.82, 2.24) is 4.90 Å². The van der Waals surface area contributed by atoms with Crippen LogP contribution >= 0.6 is 0 Å². The Morgan fingerprint density at radius 1 is 0.741 bits per heavy atom. The van der Waals surface area contributed by atoms with Gasteiger partial charge >= 0.3 is 0 Å². The van der Waals surface area contributed by atoms with Gasteiger partial charge in [0.25, 0.3) is 0 Å². The SMILES string of the molecule is OCC[C@H]1CCCN1C(c1ccccc1)(c1ccccc1)c1ccccc1. The third-order valence-electron chi connectivity index (χ3n) is 5.84. The minimum absolute atomic E-state index is 0.232. The number of aliphatic hydroxyl groups excluding tert-OH is 1. The van der Waals surface area contributed by atoms with Gasteiger partial charge in [-0.15, -0.1) is 0 Å². The molecule has 1 atom stereocenters. The van der Waals surface area contributed by atoms with Crippen molar-refractivity contribution in [3.05, 3.63) is 108 Å². The second-order valence-electron chi connectivity index (χ2n) is 7.31. The summed E-state index contributed by atoms with van der Waals surface area (Å²) in [4.78, 5) is 2.63. The molecule has 138 valence electrons. The lowest BCUT2D eigenvalue weighted by molar-refractivity contribution is 0.118. The molecule has 2 nitrogen and oxygen atoms in total. The Kier molecular flexibility index (Phi) is 5.38. The fourth-order valence-corrected chi connectivity index (χ4v) is 4.76. The van der Waals surface area contributed by atoms with Crippen molar-refractivity contribution >= 4 is 0 Å². The molecule has 3 aromatic rings. The highest BCUT2D eigenvalue weighted by Gasteiger charge is 2.46. The zero-order chi connectivity index (χ0) is 18.5. The Balaban J connectivity index is 2.01. The van der Waals surface area contributed by atoms with Crippen LogP contribution in [0.2, 0.25) is 0 Å². The molecule has 0 radical (unpaired) electrons. The molecule has 0 spiro atoms. The molecule has 0 bridgehead atoms. The zero-order valence-electron chi connectivity index (χ0n) is 15.7. The van der Waals surface area contributed by atoms with Crippen LogP contribution in [0.5, 0.6) is 0 Å². The lowest BCUT2D eigenvalue weighted by Crippen LogP contribution is -2.50. The zero-order valence-corrected chi connectivity index (χ0v) is 15.7. The van der Waals surface area contributed by atoms with Gasteiger partial charge in [0, 0.05) is 12.6 Å². The third kappa shape index (κ3) is 3.20. The van der Waals surface area contributed by atoms with E-state index in [0.29, 0.717) is 6.04 Å². The fraction of sp³-hybridized carbons (Fsp3) is 0.280. The Bertz CT molecular complexity index is 735. The lowest BCUT2D eigenvalue weighted by Gasteiger charge is -2.46. The molecule has 1 saturated heterocycles. The second kappa shape index (κ2) is 8.08. The Hall–Kier alpha value is -2.42. The molecule has 2 heteroatoms. The average molecular weight is 357 g/mol. The van der Waals surface area contributed by atoms with Gasteiger partial charge in [0.15, 0.2) is 0 Å². The van der Waals surface area contributed by atoms with Gasteiger partial charge in [-0.2, -0.15) is 0 Å². The normalized spacial score (nSPS) is 17.9. The van der Waals surface area contributed by atoms with Gasteiger partial charge in [0.05, 0.1) is 5.54 Å². The number of rotatable bonds is 6. The summed E-state index contributed by atoms with van der Waals surface area (Å²) >= 11 is 0. The van der Waals surface area contributed by atoms with E-state index >= 15 is 0 Å². The van der Waals surface area contributed by atoms with Crippen molar-refractivity contribution in [3.63, 3.8) is 0 Å². The summed E-state index contributed by atoms with van der Waals surface area (Å²) in [5, 5.41) is 9.70. The summed E-state index contributed by atoms with van der Waals surface area (Å²) in [6, 6.07) is 32.9. The van der Waals surface area contributed by atoms with E-state index in [4.69, 9.17) is 0 Å². The molecule has 3 aromatic carbocycles. The molecule has 0 unspecified atom stereocenters. The van der Waals surface area contributed by atoms with Crippen molar-refractivity contribution in [3.8, 4) is 0 Å². The van der Waals surface area contributed by atoms with Crippen molar-refractivity contribution in [2.75, 3.05) is 13.2 Å². The van der Waals surface area contributed by atoms with Gasteiger partial charge in [0.1, 0.15) is 0 Å². The molecule has 1 fully saturated rings. The summed E-state index contributed by atoms with van der Waals surface area (Å²) in [5.41, 5.74) is 3.51. The number of likely N-dealkylation sites (tertiary alicyclic amines) is 1. The van der Waals surface area contributed by atoms with Crippen LogP contribution in [0.4, 0.5) is 0 Å². The molecular weight excluding hydrogens is 330 g/mol. The van der Waals surface area contributed by atoms with Crippen molar-refractivity contribution < 1.29 is 5.11 Å². The van der Waals surface area contributed by atoms with Gasteiger partial charge in [-0.25, -0.2) is 0 Å². The monoisotopic (exact) mass is 357 g/mol. The molecule has 1 aliphatic heterocycles. The molecule has 0 aromatic heterocycles. The highest BCUT2D eigenvalue weighted by atomic mass is 16.3. The van der Waals surface area contributed by atoms with Gasteiger partial charge < -0.3 is 5.11 Å². The maximum Gasteiger partial charge on any atom is 0.0975 e. The molecule has 0 amide bonds. The molecule has 0 aliphatic carbocycles. The first-order valence-electron chi connectivity index (χ1n) is 9.91. The van der Waals surface area contributed by atoms with Crippen LogP contribution in [-0.2, 0) is 5.54 Å². The van der Waals surface area contributed by atoms with E-state index in [2.05, 4.69) is 95.9 Å². The van der Waals surface area contributed by atoms with Crippen molar-refractivity contribution in [2.24, 2.45) is 0 Å². The topological polar surface area (TPSA) is 23.5 Å². The van der Waals surface area contributed by atoms with Gasteiger partial charge in [-0.3, -0.25) is 4.90 Å². The van der Waals surface area contributed by atoms with E-state index < -0.39 is 0 Å². The van der Waals surface area contributed by atoms with Crippen LogP contribution in [-0.4, -0.2) is 29.2 Å². The van der Waals surface area contributed by atoms with Crippen molar-refractivity contribution in [2.45, 2.75) is 30.8 Å². The van der Waals surface area contributed by atoms with E-state index in [1.165, 1.54) is 23.1 Å². The number of hydrogen-bond acceptors (Lipinski definition) is 2. The molecule has 0 saturated carbocycles. The third-order valence-corrected chi connectivity index (χ3v) is 5.84. The first-order chi connectivity index (χ1) is 13.4. The number of benzene rings is 3. The summed E-state index contributed by atoms with van der Waals surface area (Å²) in [6.45, 7) is 1.26. The minimum Gasteiger partial charge on any atom is -0.396 e. The molecule has 1 aliphatic rings. The lowest BCUT2D eigenvalue weighted by atomic mass is 9.75. The van der Waals surface area contributed by atoms with Crippen LogP contribution in [0.1, 0.15) is 36.0 Å². The van der Waals surface area contributed by atoms with Crippen LogP contribution in [0, 0.1) is 0 Å². The van der Waals surface area contributed by atoms with E-state index in [1.807, 2.05) is 0 Å². The Morgan fingerprint density at radius 2 is 1.19 bits per heavy atom. The standard InChI is InChI=1S/C25H27NO/c27-20-18-24-17-10-19-26(24)25(21-11-4-1-5-12-21,22-13-6-2-7-14-22)23-15-8-3-9-16-23/h1-9,11-16,24,27H,10,17-20H2/t24-/m1/s1. The van der Waals surface area contributed by atoms with E-state index in [-0.39, 0.29) is 12.1 Å². The molecule has 4 rings (SSSR count). The van der Waals surface area contributed by atoms with Gasteiger partial charge in [0.2, 0.25) is 0 Å². The van der Waals surface area contributed by atoms with Crippen molar-refractivity contribution in [1.29, 1.82) is 0 Å². The molecular formula is C25H27NO. The first kappa shape index (κ1) is 18.0. The van der Waals surface area contributed by atoms with Gasteiger partial charge in [-0.05, 0) is 42.5 Å². The number of aliphatic hydroxyl groups is 1. The quantitative estimate of drug-likeness (QED) is 0.639. The van der Waals surface area contributed by atoms with Gasteiger partial charge in [-0.1, -0.05) is 91.0 Å². The number of hydrogen-bond donors (Lipinski definition) is 1. The van der Waals surface area contributed by atoms with Crippen LogP contribution in [0.25, 0.3) is 0 Å². The largest absolute Gasteiger partial charge is 0.396 e. The van der Waals surface area contributed by atoms with Crippen LogP contribution in [0.15, 0.2) is 91.0 Å². The summed E-state index contributed by atoms with van der Waals surface area (Å²) in [7, 11) is 0. The highest BCUT2D eigenvalue weighted by Crippen LogP contribution is 2.46. The predicted octanol–water partition coefficient (Wildman–Crippen LogP) is 4.83. The molecule has 27 heavy (non-hydrogen) atoms. The van der Waals surface area contributed by atoms with Crippen LogP contribution in [0.3, 0.4) is 0 Å². The molecule has 1 heterocycles. The fourth-order valence-electron chi connectivity index (χ4n) is 4.76. The van der Waals surface area contributed by atoms with Crippen LogP contribution < -0.4 is 0 Å². The molecule has 1 N–H and O–H groups in total. The van der Waals surface area contributed by atoms with E-state index in [1.54, 1.807) is 0 Å². The first-order valence-corrected chi connectivity index (χ1v) is 9.91. The Labute approximate surface area is 162 Å². The average Bonchev–Trinajstić information content (AvgIpc) is 3.20. The van der Waals surface area contributed by atoms with E-state index in [0.717, 1.165) is 19.4 Å². The predicted molar refractivity (Wildman–Crippen MR) is 111 cm³/mol. The summed E-state index contributed by atoms with van der Waals surface area (Å²) in [5.74, 6) is 0. The smallest absolute Gasteiger partial charge is 0.0975 e. The van der Waals surface area contributed by atoms with E-state index in [9.17, 15) is 5.11 Å². The summed E-state index contributed by atoms with van der Waals surface area (Å²) < 4.78 is 0. The summed E-state index contributed by atoms with van der Waals surface area (Å²) in [6.07, 6.45) is 3.11. The number of nitrogens with zero attached hydrogens (tertiary/aromatic N) is 1. The Morgan fingerprint density at radius 3 is 1.59 bits per heavy atom. The minimum atomic E-state index is -0.347. The maximum atomic E-state index is 9.70. The maximum absolute atomic E-state index is 9.70.